The van der Waals surface area contributed by atoms with Crippen molar-refractivity contribution in [3.8, 4) is 0 Å². The first-order valence-corrected chi connectivity index (χ1v) is 1.66. The Hall–Kier alpha value is 0.170. The number of halogens is 2. The molecule has 0 radical (unpaired) electrons. The summed E-state index contributed by atoms with van der Waals surface area (Å²) in [5.41, 5.74) is 9.73. The molecule has 0 atom stereocenters. The van der Waals surface area contributed by atoms with Crippen LogP contribution in [0.1, 0.15) is 6.92 Å². The van der Waals surface area contributed by atoms with Crippen LogP contribution >= 0.6 is 24.8 Å². The smallest absolute Gasteiger partial charge is 0.160 e. The van der Waals surface area contributed by atoms with Crippen LogP contribution in [0.3, 0.4) is 0 Å². The average molecular weight is 161 g/mol. The number of carbonyl (C=O) groups is 1. The molecule has 5 heteroatoms. The van der Waals surface area contributed by atoms with Crippen LogP contribution < -0.4 is 11.5 Å². The van der Waals surface area contributed by atoms with Crippen molar-refractivity contribution in [3.05, 3.63) is 0 Å². The average Bonchev–Trinajstić information content (AvgIpc) is 1.36. The maximum atomic E-state index is 9.89. The Bertz CT molecular complexity index is 66.3. The summed E-state index contributed by atoms with van der Waals surface area (Å²) in [5, 5.41) is 0. The largest absolute Gasteiger partial charge is 0.310 e. The summed E-state index contributed by atoms with van der Waals surface area (Å²) >= 11 is 0. The summed E-state index contributed by atoms with van der Waals surface area (Å²) in [6, 6.07) is 0. The molecule has 0 fully saturated rings. The van der Waals surface area contributed by atoms with Gasteiger partial charge in [-0.05, 0) is 6.92 Å². The molecule has 3 nitrogen and oxygen atoms in total. The van der Waals surface area contributed by atoms with Gasteiger partial charge < -0.3 is 11.5 Å². The van der Waals surface area contributed by atoms with Gasteiger partial charge in [-0.2, -0.15) is 0 Å². The normalized spacial score (nSPS) is 7.00. The second-order valence-electron chi connectivity index (χ2n) is 1.14. The molecule has 0 aliphatic heterocycles. The van der Waals surface area contributed by atoms with Gasteiger partial charge in [0.05, 0.1) is 0 Å². The second-order valence-corrected chi connectivity index (χ2v) is 1.14. The predicted octanol–water partition coefficient (Wildman–Crippen LogP) is -0.337. The van der Waals surface area contributed by atoms with Gasteiger partial charge in [0, 0.05) is 0 Å². The Morgan fingerprint density at radius 1 is 1.38 bits per heavy atom. The minimum Gasteiger partial charge on any atom is -0.310 e. The fourth-order valence-electron chi connectivity index (χ4n) is 0. The Kier molecular flexibility index (Phi) is 14.1. The molecule has 0 saturated carbocycles. The summed E-state index contributed by atoms with van der Waals surface area (Å²) in [7, 11) is 0. The predicted molar refractivity (Wildman–Crippen MR) is 37.3 cm³/mol. The van der Waals surface area contributed by atoms with Crippen LogP contribution in [-0.2, 0) is 4.79 Å². The van der Waals surface area contributed by atoms with Crippen molar-refractivity contribution in [2.45, 2.75) is 13.1 Å². The lowest BCUT2D eigenvalue weighted by atomic mass is 10.4. The zero-order valence-electron chi connectivity index (χ0n) is 4.46. The molecule has 0 rings (SSSR count). The van der Waals surface area contributed by atoms with Gasteiger partial charge in [-0.15, -0.1) is 24.8 Å². The van der Waals surface area contributed by atoms with E-state index < -0.39 is 6.17 Å². The van der Waals surface area contributed by atoms with E-state index in [0.717, 1.165) is 0 Å². The van der Waals surface area contributed by atoms with Crippen molar-refractivity contribution >= 4 is 30.6 Å². The zero-order chi connectivity index (χ0) is 5.15. The number of carbonyl (C=O) groups excluding carboxylic acids is 1. The van der Waals surface area contributed by atoms with Gasteiger partial charge in [-0.1, -0.05) is 0 Å². The van der Waals surface area contributed by atoms with E-state index in [1.807, 2.05) is 0 Å². The molecule has 52 valence electrons. The SMILES string of the molecule is CC(=O)C(N)N.Cl.Cl. The number of Topliss-reactive ketones (excluding diaryl/α,β-unsaturated/α-hetero) is 1. The Labute approximate surface area is 60.6 Å². The quantitative estimate of drug-likeness (QED) is 0.517. The molecular weight excluding hydrogens is 151 g/mol. The van der Waals surface area contributed by atoms with Gasteiger partial charge in [-0.3, -0.25) is 4.79 Å². The van der Waals surface area contributed by atoms with E-state index in [-0.39, 0.29) is 30.6 Å². The maximum Gasteiger partial charge on any atom is 0.160 e. The highest BCUT2D eigenvalue weighted by Gasteiger charge is 1.95. The molecule has 0 aromatic rings. The first-order valence-electron chi connectivity index (χ1n) is 1.66. The van der Waals surface area contributed by atoms with Gasteiger partial charge in [0.25, 0.3) is 0 Å². The molecule has 0 aromatic heterocycles. The van der Waals surface area contributed by atoms with Crippen molar-refractivity contribution in [2.75, 3.05) is 0 Å². The van der Waals surface area contributed by atoms with E-state index in [0.29, 0.717) is 0 Å². The Balaban J connectivity index is -0.000000125. The van der Waals surface area contributed by atoms with Crippen molar-refractivity contribution in [1.29, 1.82) is 0 Å². The topological polar surface area (TPSA) is 69.1 Å². The molecule has 0 spiro atoms. The molecule has 0 bridgehead atoms. The number of rotatable bonds is 1. The molecular formula is C3H10Cl2N2O. The van der Waals surface area contributed by atoms with Crippen molar-refractivity contribution in [2.24, 2.45) is 11.5 Å². The molecule has 8 heavy (non-hydrogen) atoms. The molecule has 0 heterocycles. The van der Waals surface area contributed by atoms with E-state index in [9.17, 15) is 4.79 Å². The van der Waals surface area contributed by atoms with Crippen molar-refractivity contribution < 1.29 is 4.79 Å². The van der Waals surface area contributed by atoms with Crippen LogP contribution in [0.15, 0.2) is 0 Å². The van der Waals surface area contributed by atoms with Crippen LogP contribution in [0.5, 0.6) is 0 Å². The van der Waals surface area contributed by atoms with Gasteiger partial charge >= 0.3 is 0 Å². The van der Waals surface area contributed by atoms with Crippen LogP contribution in [0.4, 0.5) is 0 Å². The number of hydrogen-bond acceptors (Lipinski definition) is 3. The van der Waals surface area contributed by atoms with Crippen molar-refractivity contribution in [1.82, 2.24) is 0 Å². The van der Waals surface area contributed by atoms with Crippen LogP contribution in [0.2, 0.25) is 0 Å². The highest BCUT2D eigenvalue weighted by atomic mass is 35.5. The molecule has 0 aliphatic carbocycles. The third-order valence-corrected chi connectivity index (χ3v) is 0.469. The summed E-state index contributed by atoms with van der Waals surface area (Å²) in [4.78, 5) is 9.89. The van der Waals surface area contributed by atoms with Crippen molar-refractivity contribution in [3.63, 3.8) is 0 Å². The maximum absolute atomic E-state index is 9.89. The molecule has 0 saturated heterocycles. The highest BCUT2D eigenvalue weighted by Crippen LogP contribution is 1.62. The van der Waals surface area contributed by atoms with Crippen LogP contribution in [-0.4, -0.2) is 11.9 Å². The fraction of sp³-hybridized carbons (Fsp3) is 0.667. The first-order chi connectivity index (χ1) is 2.64. The summed E-state index contributed by atoms with van der Waals surface area (Å²) in [5.74, 6) is -0.185. The molecule has 0 unspecified atom stereocenters. The monoisotopic (exact) mass is 160 g/mol. The van der Waals surface area contributed by atoms with Gasteiger partial charge in [0.1, 0.15) is 6.17 Å². The molecule has 0 aromatic carbocycles. The van der Waals surface area contributed by atoms with E-state index in [1.165, 1.54) is 6.92 Å². The lowest BCUT2D eigenvalue weighted by Gasteiger charge is -1.92. The summed E-state index contributed by atoms with van der Waals surface area (Å²) < 4.78 is 0. The number of nitrogens with two attached hydrogens (primary N) is 2. The third-order valence-electron chi connectivity index (χ3n) is 0.469. The Morgan fingerprint density at radius 2 is 1.50 bits per heavy atom. The lowest BCUT2D eigenvalue weighted by Crippen LogP contribution is -2.37. The second kappa shape index (κ2) is 7.17. The summed E-state index contributed by atoms with van der Waals surface area (Å²) in [6.07, 6.45) is -0.787. The minimum atomic E-state index is -0.787. The van der Waals surface area contributed by atoms with Gasteiger partial charge in [0.15, 0.2) is 5.78 Å². The van der Waals surface area contributed by atoms with E-state index in [1.54, 1.807) is 0 Å². The number of hydrogen-bond donors (Lipinski definition) is 2. The molecule has 0 aliphatic rings. The van der Waals surface area contributed by atoms with E-state index >= 15 is 0 Å². The summed E-state index contributed by atoms with van der Waals surface area (Å²) in [6.45, 7) is 1.35. The highest BCUT2D eigenvalue weighted by molar-refractivity contribution is 5.85. The lowest BCUT2D eigenvalue weighted by molar-refractivity contribution is -0.118. The zero-order valence-corrected chi connectivity index (χ0v) is 6.09. The van der Waals surface area contributed by atoms with Crippen LogP contribution in [0.25, 0.3) is 0 Å². The van der Waals surface area contributed by atoms with Crippen LogP contribution in [0, 0.1) is 0 Å². The fourth-order valence-corrected chi connectivity index (χ4v) is 0. The minimum absolute atomic E-state index is 0. The Morgan fingerprint density at radius 3 is 1.50 bits per heavy atom. The van der Waals surface area contributed by atoms with E-state index in [2.05, 4.69) is 0 Å². The first kappa shape index (κ1) is 15.7. The molecule has 4 N–H and O–H groups in total. The standard InChI is InChI=1S/C3H8N2O.2ClH/c1-2(6)3(4)5;;/h3H,4-5H2,1H3;2*1H. The van der Waals surface area contributed by atoms with Gasteiger partial charge in [-0.25, -0.2) is 0 Å². The molecule has 0 amide bonds. The third kappa shape index (κ3) is 9.48. The van der Waals surface area contributed by atoms with E-state index in [4.69, 9.17) is 11.5 Å². The number of ketones is 1. The van der Waals surface area contributed by atoms with Gasteiger partial charge in [0.2, 0.25) is 0 Å².